The molecule has 1 aromatic heterocycles. The van der Waals surface area contributed by atoms with E-state index in [-0.39, 0.29) is 0 Å². The third kappa shape index (κ3) is 2.54. The number of hydrogen-bond donors (Lipinski definition) is 1. The van der Waals surface area contributed by atoms with Crippen LogP contribution in [0.4, 0.5) is 0 Å². The van der Waals surface area contributed by atoms with E-state index in [1.165, 1.54) is 44.3 Å². The maximum absolute atomic E-state index is 3.29. The molecule has 0 atom stereocenters. The van der Waals surface area contributed by atoms with Crippen LogP contribution in [0.2, 0.25) is 13.1 Å². The average Bonchev–Trinajstić information content (AvgIpc) is 3.34. The molecule has 0 spiro atoms. The van der Waals surface area contributed by atoms with Crippen molar-refractivity contribution in [3.05, 3.63) is 97.2 Å². The molecule has 2 heterocycles. The van der Waals surface area contributed by atoms with Gasteiger partial charge in [-0.25, -0.2) is 0 Å². The van der Waals surface area contributed by atoms with Crippen LogP contribution in [0.25, 0.3) is 44.3 Å². The molecule has 6 rings (SSSR count). The van der Waals surface area contributed by atoms with Gasteiger partial charge in [-0.3, -0.25) is 0 Å². The minimum atomic E-state index is -1.76. The SMILES string of the molecule is C[Si]1(C)c2cc(-c3ccccc3)ccc2-c2ccc(-c3ccc4[nH]ccc4c3)cc21. The van der Waals surface area contributed by atoms with Crippen molar-refractivity contribution in [1.29, 1.82) is 0 Å². The summed E-state index contributed by atoms with van der Waals surface area (Å²) in [4.78, 5) is 3.29. The smallest absolute Gasteiger partial charge is 0.113 e. The fraction of sp³-hybridized carbons (Fsp3) is 0.0714. The Bertz CT molecular complexity index is 1410. The highest BCUT2D eigenvalue weighted by Crippen LogP contribution is 2.33. The van der Waals surface area contributed by atoms with E-state index >= 15 is 0 Å². The van der Waals surface area contributed by atoms with Crippen LogP contribution in [-0.2, 0) is 0 Å². The molecule has 0 saturated carbocycles. The number of aromatic nitrogens is 1. The van der Waals surface area contributed by atoms with Crippen LogP contribution < -0.4 is 10.4 Å². The molecular formula is C28H23NSi. The van der Waals surface area contributed by atoms with E-state index in [0.29, 0.717) is 0 Å². The summed E-state index contributed by atoms with van der Waals surface area (Å²) in [5, 5.41) is 4.37. The van der Waals surface area contributed by atoms with Crippen molar-refractivity contribution in [1.82, 2.24) is 4.98 Å². The summed E-state index contributed by atoms with van der Waals surface area (Å²) in [6, 6.07) is 33.7. The van der Waals surface area contributed by atoms with Gasteiger partial charge in [0.2, 0.25) is 0 Å². The van der Waals surface area contributed by atoms with Crippen molar-refractivity contribution < 1.29 is 0 Å². The van der Waals surface area contributed by atoms with Gasteiger partial charge < -0.3 is 4.98 Å². The molecule has 0 bridgehead atoms. The van der Waals surface area contributed by atoms with E-state index in [2.05, 4.69) is 109 Å². The molecule has 0 amide bonds. The minimum absolute atomic E-state index is 1.19. The number of nitrogens with one attached hydrogen (secondary N) is 1. The van der Waals surface area contributed by atoms with Gasteiger partial charge in [0.1, 0.15) is 8.07 Å². The predicted molar refractivity (Wildman–Crippen MR) is 131 cm³/mol. The molecule has 0 fully saturated rings. The van der Waals surface area contributed by atoms with Crippen LogP contribution in [0.15, 0.2) is 97.2 Å². The normalized spacial score (nSPS) is 13.9. The van der Waals surface area contributed by atoms with Gasteiger partial charge in [0.25, 0.3) is 0 Å². The Kier molecular flexibility index (Phi) is 3.68. The van der Waals surface area contributed by atoms with Crippen LogP contribution in [0.5, 0.6) is 0 Å². The van der Waals surface area contributed by atoms with Crippen LogP contribution >= 0.6 is 0 Å². The van der Waals surface area contributed by atoms with Gasteiger partial charge >= 0.3 is 0 Å². The van der Waals surface area contributed by atoms with Gasteiger partial charge in [-0.15, -0.1) is 0 Å². The van der Waals surface area contributed by atoms with Crippen molar-refractivity contribution in [3.8, 4) is 33.4 Å². The molecule has 1 aliphatic rings. The summed E-state index contributed by atoms with van der Waals surface area (Å²) in [7, 11) is -1.76. The van der Waals surface area contributed by atoms with E-state index in [1.54, 1.807) is 10.4 Å². The zero-order valence-electron chi connectivity index (χ0n) is 17.2. The highest BCUT2D eigenvalue weighted by atomic mass is 28.3. The van der Waals surface area contributed by atoms with Crippen LogP contribution in [0.1, 0.15) is 0 Å². The summed E-state index contributed by atoms with van der Waals surface area (Å²) in [6.07, 6.45) is 2.01. The first-order chi connectivity index (χ1) is 14.6. The fourth-order valence-electron chi connectivity index (χ4n) is 4.96. The van der Waals surface area contributed by atoms with Gasteiger partial charge in [-0.2, -0.15) is 0 Å². The van der Waals surface area contributed by atoms with Crippen LogP contribution in [-0.4, -0.2) is 13.1 Å². The summed E-state index contributed by atoms with van der Waals surface area (Å²) in [5.41, 5.74) is 9.25. The van der Waals surface area contributed by atoms with Crippen LogP contribution in [0.3, 0.4) is 0 Å². The second kappa shape index (κ2) is 6.32. The van der Waals surface area contributed by atoms with Crippen molar-refractivity contribution in [2.45, 2.75) is 13.1 Å². The average molecular weight is 402 g/mol. The monoisotopic (exact) mass is 401 g/mol. The third-order valence-corrected chi connectivity index (χ3v) is 10.2. The molecule has 0 aliphatic carbocycles. The van der Waals surface area contributed by atoms with E-state index in [4.69, 9.17) is 0 Å². The standard InChI is InChI=1S/C28H23NSi/c1-30(2)27-17-21(19-6-4-3-5-7-19)8-11-24(27)25-12-9-22(18-28(25)30)20-10-13-26-23(16-20)14-15-29-26/h3-18,29H,1-2H3. The van der Waals surface area contributed by atoms with Crippen molar-refractivity contribution in [2.75, 3.05) is 0 Å². The van der Waals surface area contributed by atoms with E-state index in [9.17, 15) is 0 Å². The molecule has 144 valence electrons. The molecule has 0 radical (unpaired) electrons. The molecule has 4 aromatic carbocycles. The summed E-state index contributed by atoms with van der Waals surface area (Å²) in [6.45, 7) is 4.98. The summed E-state index contributed by atoms with van der Waals surface area (Å²) in [5.74, 6) is 0. The zero-order valence-corrected chi connectivity index (χ0v) is 18.2. The van der Waals surface area contributed by atoms with Crippen molar-refractivity contribution >= 4 is 29.4 Å². The quantitative estimate of drug-likeness (QED) is 0.334. The molecule has 30 heavy (non-hydrogen) atoms. The van der Waals surface area contributed by atoms with Crippen molar-refractivity contribution in [3.63, 3.8) is 0 Å². The van der Waals surface area contributed by atoms with Crippen LogP contribution in [0, 0.1) is 0 Å². The first-order valence-corrected chi connectivity index (χ1v) is 13.5. The van der Waals surface area contributed by atoms with E-state index in [1.807, 2.05) is 6.20 Å². The lowest BCUT2D eigenvalue weighted by Gasteiger charge is -2.20. The lowest BCUT2D eigenvalue weighted by Crippen LogP contribution is -2.49. The molecule has 1 N–H and O–H groups in total. The number of hydrogen-bond acceptors (Lipinski definition) is 0. The molecule has 5 aromatic rings. The lowest BCUT2D eigenvalue weighted by molar-refractivity contribution is 1.48. The molecule has 2 heteroatoms. The number of H-pyrrole nitrogens is 1. The van der Waals surface area contributed by atoms with Gasteiger partial charge in [-0.1, -0.05) is 85.9 Å². The lowest BCUT2D eigenvalue weighted by atomic mass is 9.98. The molecule has 1 aliphatic heterocycles. The molecule has 1 nitrogen and oxygen atoms in total. The Labute approximate surface area is 178 Å². The number of benzene rings is 4. The summed E-state index contributed by atoms with van der Waals surface area (Å²) < 4.78 is 0. The minimum Gasteiger partial charge on any atom is -0.361 e. The third-order valence-electron chi connectivity index (χ3n) is 6.67. The first kappa shape index (κ1) is 17.5. The molecular weight excluding hydrogens is 378 g/mol. The summed E-state index contributed by atoms with van der Waals surface area (Å²) >= 11 is 0. The van der Waals surface area contributed by atoms with Gasteiger partial charge in [0.15, 0.2) is 0 Å². The van der Waals surface area contributed by atoms with Gasteiger partial charge in [-0.05, 0) is 67.3 Å². The van der Waals surface area contributed by atoms with E-state index < -0.39 is 8.07 Å². The maximum atomic E-state index is 3.29. The van der Waals surface area contributed by atoms with Gasteiger partial charge in [0.05, 0.1) is 0 Å². The Hall–Kier alpha value is -3.36. The highest BCUT2D eigenvalue weighted by molar-refractivity contribution is 7.03. The van der Waals surface area contributed by atoms with Crippen molar-refractivity contribution in [2.24, 2.45) is 0 Å². The van der Waals surface area contributed by atoms with E-state index in [0.717, 1.165) is 0 Å². The molecule has 0 unspecified atom stereocenters. The second-order valence-corrected chi connectivity index (χ2v) is 13.1. The Morgan fingerprint density at radius 2 is 1.17 bits per heavy atom. The first-order valence-electron chi connectivity index (χ1n) is 10.5. The molecule has 0 saturated heterocycles. The Balaban J connectivity index is 1.48. The predicted octanol–water partition coefficient (Wildman–Crippen LogP) is 6.30. The Morgan fingerprint density at radius 3 is 1.87 bits per heavy atom. The number of rotatable bonds is 2. The number of fused-ring (bicyclic) bond motifs is 4. The van der Waals surface area contributed by atoms with Gasteiger partial charge in [0, 0.05) is 11.7 Å². The second-order valence-electron chi connectivity index (χ2n) is 8.79. The topological polar surface area (TPSA) is 15.8 Å². The highest BCUT2D eigenvalue weighted by Gasteiger charge is 2.37. The maximum Gasteiger partial charge on any atom is 0.113 e. The number of aromatic amines is 1. The largest absolute Gasteiger partial charge is 0.361 e. The zero-order chi connectivity index (χ0) is 20.3. The fourth-order valence-corrected chi connectivity index (χ4v) is 8.07. The Morgan fingerprint density at radius 1 is 0.567 bits per heavy atom.